The van der Waals surface area contributed by atoms with Gasteiger partial charge >= 0.3 is 11.9 Å². The van der Waals surface area contributed by atoms with E-state index < -0.39 is 11.9 Å². The molecule has 0 bridgehead atoms. The Morgan fingerprint density at radius 3 is 2.36 bits per heavy atom. The maximum Gasteiger partial charge on any atom is 0.342 e. The lowest BCUT2D eigenvalue weighted by Gasteiger charge is -1.98. The molecule has 0 amide bonds. The summed E-state index contributed by atoms with van der Waals surface area (Å²) in [6, 6.07) is 0. The van der Waals surface area contributed by atoms with Crippen molar-refractivity contribution in [3.8, 4) is 0 Å². The standard InChI is InChI=1S/C10H12O4/c1-4-9(10(12)13-5-2)6-7-14-8(3)11/h4-7H,2H2,1,3H3. The first kappa shape index (κ1) is 12.2. The van der Waals surface area contributed by atoms with Gasteiger partial charge in [0, 0.05) is 6.92 Å². The van der Waals surface area contributed by atoms with Gasteiger partial charge in [-0.3, -0.25) is 4.79 Å². The van der Waals surface area contributed by atoms with E-state index in [0.717, 1.165) is 12.5 Å². The van der Waals surface area contributed by atoms with Gasteiger partial charge in [-0.2, -0.15) is 0 Å². The van der Waals surface area contributed by atoms with Crippen molar-refractivity contribution in [2.24, 2.45) is 0 Å². The van der Waals surface area contributed by atoms with Gasteiger partial charge in [0.15, 0.2) is 0 Å². The largest absolute Gasteiger partial charge is 0.435 e. The Morgan fingerprint density at radius 1 is 1.29 bits per heavy atom. The Hall–Kier alpha value is -1.84. The summed E-state index contributed by atoms with van der Waals surface area (Å²) in [7, 11) is 0. The van der Waals surface area contributed by atoms with E-state index in [1.54, 1.807) is 6.92 Å². The number of carbonyl (C=O) groups excluding carboxylic acids is 2. The van der Waals surface area contributed by atoms with E-state index in [1.165, 1.54) is 19.1 Å². The van der Waals surface area contributed by atoms with Crippen LogP contribution < -0.4 is 0 Å². The number of esters is 2. The van der Waals surface area contributed by atoms with E-state index in [1.807, 2.05) is 0 Å². The van der Waals surface area contributed by atoms with Crippen molar-refractivity contribution in [2.75, 3.05) is 0 Å². The van der Waals surface area contributed by atoms with Crippen molar-refractivity contribution in [3.63, 3.8) is 0 Å². The quantitative estimate of drug-likeness (QED) is 0.297. The lowest BCUT2D eigenvalue weighted by Crippen LogP contribution is -2.01. The van der Waals surface area contributed by atoms with Gasteiger partial charge in [-0.1, -0.05) is 12.7 Å². The molecule has 14 heavy (non-hydrogen) atoms. The Labute approximate surface area is 82.5 Å². The van der Waals surface area contributed by atoms with Crippen LogP contribution in [0, 0.1) is 0 Å². The molecule has 0 saturated carbocycles. The van der Waals surface area contributed by atoms with Crippen molar-refractivity contribution >= 4 is 11.9 Å². The van der Waals surface area contributed by atoms with Crippen LogP contribution in [0.15, 0.2) is 36.8 Å². The van der Waals surface area contributed by atoms with Gasteiger partial charge in [0.25, 0.3) is 0 Å². The summed E-state index contributed by atoms with van der Waals surface area (Å²) < 4.78 is 9.03. The first-order chi connectivity index (χ1) is 6.61. The molecule has 4 heteroatoms. The molecule has 0 radical (unpaired) electrons. The van der Waals surface area contributed by atoms with Crippen LogP contribution in [0.2, 0.25) is 0 Å². The molecule has 0 aliphatic carbocycles. The van der Waals surface area contributed by atoms with Crippen LogP contribution in [0.25, 0.3) is 0 Å². The van der Waals surface area contributed by atoms with Crippen molar-refractivity contribution in [3.05, 3.63) is 36.8 Å². The van der Waals surface area contributed by atoms with E-state index >= 15 is 0 Å². The molecule has 0 fully saturated rings. The predicted molar refractivity (Wildman–Crippen MR) is 51.0 cm³/mol. The third-order valence-electron chi connectivity index (χ3n) is 1.22. The average Bonchev–Trinajstić information content (AvgIpc) is 2.12. The maximum atomic E-state index is 11.1. The van der Waals surface area contributed by atoms with Crippen LogP contribution >= 0.6 is 0 Å². The smallest absolute Gasteiger partial charge is 0.342 e. The molecule has 0 aromatic heterocycles. The molecule has 0 rings (SSSR count). The molecule has 0 atom stereocenters. The van der Waals surface area contributed by atoms with Crippen LogP contribution in [-0.2, 0) is 19.1 Å². The second-order valence-electron chi connectivity index (χ2n) is 2.23. The summed E-state index contributed by atoms with van der Waals surface area (Å²) in [5, 5.41) is 0. The average molecular weight is 196 g/mol. The van der Waals surface area contributed by atoms with Crippen LogP contribution in [0.1, 0.15) is 13.8 Å². The van der Waals surface area contributed by atoms with Crippen LogP contribution in [-0.4, -0.2) is 11.9 Å². The summed E-state index contributed by atoms with van der Waals surface area (Å²) in [6.07, 6.45) is 5.03. The third kappa shape index (κ3) is 4.92. The van der Waals surface area contributed by atoms with Crippen molar-refractivity contribution in [1.29, 1.82) is 0 Å². The predicted octanol–water partition coefficient (Wildman–Crippen LogP) is 1.70. The summed E-state index contributed by atoms with van der Waals surface area (Å²) in [5.74, 6) is -1.00. The molecule has 0 unspecified atom stereocenters. The lowest BCUT2D eigenvalue weighted by molar-refractivity contribution is -0.136. The fourth-order valence-electron chi connectivity index (χ4n) is 0.629. The van der Waals surface area contributed by atoms with E-state index in [4.69, 9.17) is 0 Å². The number of hydrogen-bond donors (Lipinski definition) is 0. The lowest BCUT2D eigenvalue weighted by atomic mass is 10.2. The van der Waals surface area contributed by atoms with E-state index in [2.05, 4.69) is 16.1 Å². The van der Waals surface area contributed by atoms with Gasteiger partial charge in [0.2, 0.25) is 0 Å². The highest BCUT2D eigenvalue weighted by molar-refractivity contribution is 5.91. The van der Waals surface area contributed by atoms with Gasteiger partial charge in [-0.15, -0.1) is 0 Å². The summed E-state index contributed by atoms with van der Waals surface area (Å²) in [5.41, 5.74) is 0.283. The fourth-order valence-corrected chi connectivity index (χ4v) is 0.629. The van der Waals surface area contributed by atoms with E-state index in [9.17, 15) is 9.59 Å². The van der Waals surface area contributed by atoms with Gasteiger partial charge in [-0.25, -0.2) is 4.79 Å². The number of hydrogen-bond acceptors (Lipinski definition) is 4. The Morgan fingerprint density at radius 2 is 1.93 bits per heavy atom. The summed E-state index contributed by atoms with van der Waals surface area (Å²) in [4.78, 5) is 21.5. The molecule has 0 spiro atoms. The molecule has 0 N–H and O–H groups in total. The van der Waals surface area contributed by atoms with Crippen LogP contribution in [0.5, 0.6) is 0 Å². The Balaban J connectivity index is 4.30. The number of rotatable bonds is 4. The Kier molecular flexibility index (Phi) is 5.78. The third-order valence-corrected chi connectivity index (χ3v) is 1.22. The zero-order valence-electron chi connectivity index (χ0n) is 8.15. The monoisotopic (exact) mass is 196 g/mol. The van der Waals surface area contributed by atoms with Crippen molar-refractivity contribution in [2.45, 2.75) is 13.8 Å². The van der Waals surface area contributed by atoms with E-state index in [0.29, 0.717) is 0 Å². The summed E-state index contributed by atoms with van der Waals surface area (Å²) in [6.45, 7) is 6.18. The minimum atomic E-state index is -0.550. The molecular weight excluding hydrogens is 184 g/mol. The van der Waals surface area contributed by atoms with Crippen LogP contribution in [0.4, 0.5) is 0 Å². The molecule has 0 aliphatic heterocycles. The maximum absolute atomic E-state index is 11.1. The number of allylic oxidation sites excluding steroid dienone is 1. The molecule has 76 valence electrons. The second-order valence-corrected chi connectivity index (χ2v) is 2.23. The minimum absolute atomic E-state index is 0.283. The number of carbonyl (C=O) groups is 2. The first-order valence-electron chi connectivity index (χ1n) is 3.93. The zero-order chi connectivity index (χ0) is 11.0. The van der Waals surface area contributed by atoms with Gasteiger partial charge < -0.3 is 9.47 Å². The van der Waals surface area contributed by atoms with E-state index in [-0.39, 0.29) is 5.57 Å². The van der Waals surface area contributed by atoms with Crippen molar-refractivity contribution < 1.29 is 19.1 Å². The number of ether oxygens (including phenoxy) is 2. The Bertz CT molecular complexity index is 286. The highest BCUT2D eigenvalue weighted by Crippen LogP contribution is 2.00. The molecule has 0 heterocycles. The van der Waals surface area contributed by atoms with Gasteiger partial charge in [-0.05, 0) is 13.0 Å². The van der Waals surface area contributed by atoms with Crippen molar-refractivity contribution in [1.82, 2.24) is 0 Å². The summed E-state index contributed by atoms with van der Waals surface area (Å²) >= 11 is 0. The highest BCUT2D eigenvalue weighted by Gasteiger charge is 2.04. The molecule has 0 aromatic carbocycles. The second kappa shape index (κ2) is 6.65. The molecule has 0 saturated heterocycles. The SMILES string of the molecule is C=COC(=O)C(C=COC(C)=O)=CC. The highest BCUT2D eigenvalue weighted by atomic mass is 16.5. The molecular formula is C10H12O4. The van der Waals surface area contributed by atoms with Gasteiger partial charge in [0.05, 0.1) is 18.1 Å². The topological polar surface area (TPSA) is 52.6 Å². The fraction of sp³-hybridized carbons (Fsp3) is 0.200. The molecule has 4 nitrogen and oxygen atoms in total. The molecule has 0 aliphatic rings. The zero-order valence-corrected chi connectivity index (χ0v) is 8.15. The normalized spacial score (nSPS) is 11.1. The first-order valence-corrected chi connectivity index (χ1v) is 3.93. The minimum Gasteiger partial charge on any atom is -0.435 e. The molecule has 0 aromatic rings. The van der Waals surface area contributed by atoms with Gasteiger partial charge in [0.1, 0.15) is 0 Å². The van der Waals surface area contributed by atoms with Crippen LogP contribution in [0.3, 0.4) is 0 Å².